The summed E-state index contributed by atoms with van der Waals surface area (Å²) in [5, 5.41) is 0.129. The van der Waals surface area contributed by atoms with Gasteiger partial charge in [0.2, 0.25) is 0 Å². The van der Waals surface area contributed by atoms with Gasteiger partial charge in [0, 0.05) is 0 Å². The molecule has 0 aromatic heterocycles. The lowest BCUT2D eigenvalue weighted by molar-refractivity contribution is 0.303. The van der Waals surface area contributed by atoms with Crippen molar-refractivity contribution >= 4 is 11.6 Å². The van der Waals surface area contributed by atoms with E-state index in [9.17, 15) is 4.39 Å². The zero-order valence-electron chi connectivity index (χ0n) is 9.41. The fourth-order valence-electron chi connectivity index (χ4n) is 1.51. The van der Waals surface area contributed by atoms with E-state index in [1.165, 1.54) is 12.1 Å². The van der Waals surface area contributed by atoms with E-state index in [0.29, 0.717) is 6.61 Å². The van der Waals surface area contributed by atoms with E-state index in [2.05, 4.69) is 0 Å². The third-order valence-electron chi connectivity index (χ3n) is 2.47. The summed E-state index contributed by atoms with van der Waals surface area (Å²) in [5.74, 6) is 0.389. The lowest BCUT2D eigenvalue weighted by Gasteiger charge is -2.09. The molecule has 0 N–H and O–H groups in total. The zero-order chi connectivity index (χ0) is 12.3. The van der Waals surface area contributed by atoms with Crippen molar-refractivity contribution in [1.29, 1.82) is 0 Å². The van der Waals surface area contributed by atoms with Crippen LogP contribution in [0.5, 0.6) is 5.75 Å². The van der Waals surface area contributed by atoms with Crippen molar-refractivity contribution in [3.8, 4) is 5.75 Å². The molecule has 0 heterocycles. The molecule has 0 saturated carbocycles. The second-order valence-electron chi connectivity index (χ2n) is 3.80. The molecule has 0 aliphatic rings. The van der Waals surface area contributed by atoms with Crippen molar-refractivity contribution in [2.24, 2.45) is 0 Å². The van der Waals surface area contributed by atoms with Crippen LogP contribution in [0.2, 0.25) is 5.02 Å². The van der Waals surface area contributed by atoms with Crippen LogP contribution < -0.4 is 4.74 Å². The Bertz CT molecular complexity index is 525. The number of halogens is 2. The highest BCUT2D eigenvalue weighted by molar-refractivity contribution is 6.30. The Morgan fingerprint density at radius 3 is 2.65 bits per heavy atom. The highest BCUT2D eigenvalue weighted by Gasteiger charge is 2.03. The molecule has 0 bridgehead atoms. The Morgan fingerprint density at radius 1 is 1.18 bits per heavy atom. The third kappa shape index (κ3) is 2.98. The van der Waals surface area contributed by atoms with Gasteiger partial charge in [0.25, 0.3) is 0 Å². The van der Waals surface area contributed by atoms with Gasteiger partial charge in [-0.25, -0.2) is 4.39 Å². The third-order valence-corrected chi connectivity index (χ3v) is 2.78. The Labute approximate surface area is 105 Å². The lowest BCUT2D eigenvalue weighted by atomic mass is 10.2. The molecular weight excluding hydrogens is 239 g/mol. The molecule has 88 valence electrons. The van der Waals surface area contributed by atoms with E-state index in [1.807, 2.05) is 31.2 Å². The van der Waals surface area contributed by atoms with Gasteiger partial charge < -0.3 is 4.74 Å². The van der Waals surface area contributed by atoms with Crippen molar-refractivity contribution in [2.75, 3.05) is 0 Å². The highest BCUT2D eigenvalue weighted by atomic mass is 35.5. The molecule has 0 amide bonds. The van der Waals surface area contributed by atoms with Gasteiger partial charge in [0.1, 0.15) is 18.2 Å². The standard InChI is InChI=1S/C14H12ClFO/c1-10-4-2-3-5-14(10)17-9-11-6-7-12(15)13(16)8-11/h2-8H,9H2,1H3. The summed E-state index contributed by atoms with van der Waals surface area (Å²) >= 11 is 5.61. The summed E-state index contributed by atoms with van der Waals surface area (Å²) in [6, 6.07) is 12.4. The Balaban J connectivity index is 2.08. The van der Waals surface area contributed by atoms with Crippen LogP contribution in [-0.4, -0.2) is 0 Å². The maximum atomic E-state index is 13.2. The van der Waals surface area contributed by atoms with E-state index in [4.69, 9.17) is 16.3 Å². The summed E-state index contributed by atoms with van der Waals surface area (Å²) in [6.45, 7) is 2.30. The maximum Gasteiger partial charge on any atom is 0.142 e. The summed E-state index contributed by atoms with van der Waals surface area (Å²) in [5.41, 5.74) is 1.82. The van der Waals surface area contributed by atoms with Crippen LogP contribution >= 0.6 is 11.6 Å². The molecule has 17 heavy (non-hydrogen) atoms. The topological polar surface area (TPSA) is 9.23 Å². The van der Waals surface area contributed by atoms with Crippen molar-refractivity contribution < 1.29 is 9.13 Å². The number of aryl methyl sites for hydroxylation is 1. The van der Waals surface area contributed by atoms with E-state index >= 15 is 0 Å². The van der Waals surface area contributed by atoms with Gasteiger partial charge in [-0.1, -0.05) is 35.9 Å². The predicted octanol–water partition coefficient (Wildman–Crippen LogP) is 4.37. The van der Waals surface area contributed by atoms with Gasteiger partial charge in [-0.2, -0.15) is 0 Å². The number of ether oxygens (including phenoxy) is 1. The van der Waals surface area contributed by atoms with E-state index in [0.717, 1.165) is 16.9 Å². The number of para-hydroxylation sites is 1. The summed E-state index contributed by atoms with van der Waals surface area (Å²) in [4.78, 5) is 0. The number of rotatable bonds is 3. The Morgan fingerprint density at radius 2 is 1.94 bits per heavy atom. The van der Waals surface area contributed by atoms with Gasteiger partial charge in [-0.15, -0.1) is 0 Å². The SMILES string of the molecule is Cc1ccccc1OCc1ccc(Cl)c(F)c1. The second kappa shape index (κ2) is 5.19. The molecular formula is C14H12ClFO. The Hall–Kier alpha value is -1.54. The normalized spacial score (nSPS) is 10.3. The van der Waals surface area contributed by atoms with Crippen LogP contribution in [0.3, 0.4) is 0 Å². The minimum atomic E-state index is -0.419. The first-order valence-electron chi connectivity index (χ1n) is 5.29. The minimum Gasteiger partial charge on any atom is -0.489 e. The predicted molar refractivity (Wildman–Crippen MR) is 66.9 cm³/mol. The van der Waals surface area contributed by atoms with Gasteiger partial charge >= 0.3 is 0 Å². The summed E-state index contributed by atoms with van der Waals surface area (Å²) < 4.78 is 18.8. The van der Waals surface area contributed by atoms with Crippen LogP contribution in [0.15, 0.2) is 42.5 Å². The fraction of sp³-hybridized carbons (Fsp3) is 0.143. The molecule has 2 aromatic carbocycles. The molecule has 0 saturated heterocycles. The van der Waals surface area contributed by atoms with Gasteiger partial charge in [-0.3, -0.25) is 0 Å². The first kappa shape index (κ1) is 11.9. The van der Waals surface area contributed by atoms with Crippen LogP contribution in [-0.2, 0) is 6.61 Å². The van der Waals surface area contributed by atoms with Crippen molar-refractivity contribution in [3.05, 3.63) is 64.4 Å². The lowest BCUT2D eigenvalue weighted by Crippen LogP contribution is -1.97. The average molecular weight is 251 g/mol. The average Bonchev–Trinajstić information content (AvgIpc) is 2.32. The smallest absolute Gasteiger partial charge is 0.142 e. The van der Waals surface area contributed by atoms with E-state index < -0.39 is 5.82 Å². The first-order chi connectivity index (χ1) is 8.16. The molecule has 0 spiro atoms. The van der Waals surface area contributed by atoms with E-state index in [-0.39, 0.29) is 5.02 Å². The van der Waals surface area contributed by atoms with Crippen molar-refractivity contribution in [3.63, 3.8) is 0 Å². The van der Waals surface area contributed by atoms with Crippen LogP contribution in [0, 0.1) is 12.7 Å². The van der Waals surface area contributed by atoms with Crippen LogP contribution in [0.4, 0.5) is 4.39 Å². The Kier molecular flexibility index (Phi) is 3.64. The molecule has 0 atom stereocenters. The fourth-order valence-corrected chi connectivity index (χ4v) is 1.63. The molecule has 2 rings (SSSR count). The monoisotopic (exact) mass is 250 g/mol. The molecule has 0 unspecified atom stereocenters. The summed E-state index contributed by atoms with van der Waals surface area (Å²) in [7, 11) is 0. The largest absolute Gasteiger partial charge is 0.489 e. The molecule has 0 aliphatic heterocycles. The number of hydrogen-bond acceptors (Lipinski definition) is 1. The first-order valence-corrected chi connectivity index (χ1v) is 5.67. The quantitative estimate of drug-likeness (QED) is 0.786. The molecule has 0 fully saturated rings. The second-order valence-corrected chi connectivity index (χ2v) is 4.21. The van der Waals surface area contributed by atoms with E-state index in [1.54, 1.807) is 6.07 Å². The zero-order valence-corrected chi connectivity index (χ0v) is 10.2. The van der Waals surface area contributed by atoms with Crippen molar-refractivity contribution in [2.45, 2.75) is 13.5 Å². The molecule has 0 aliphatic carbocycles. The van der Waals surface area contributed by atoms with Gasteiger partial charge in [0.05, 0.1) is 5.02 Å². The highest BCUT2D eigenvalue weighted by Crippen LogP contribution is 2.20. The van der Waals surface area contributed by atoms with Gasteiger partial charge in [0.15, 0.2) is 0 Å². The molecule has 0 radical (unpaired) electrons. The number of hydrogen-bond donors (Lipinski definition) is 0. The molecule has 1 nitrogen and oxygen atoms in total. The molecule has 2 aromatic rings. The minimum absolute atomic E-state index is 0.129. The van der Waals surface area contributed by atoms with Gasteiger partial charge in [-0.05, 0) is 36.2 Å². The van der Waals surface area contributed by atoms with Crippen molar-refractivity contribution in [1.82, 2.24) is 0 Å². The maximum absolute atomic E-state index is 13.2. The van der Waals surface area contributed by atoms with Crippen LogP contribution in [0.1, 0.15) is 11.1 Å². The summed E-state index contributed by atoms with van der Waals surface area (Å²) in [6.07, 6.45) is 0. The molecule has 3 heteroatoms. The van der Waals surface area contributed by atoms with Crippen LogP contribution in [0.25, 0.3) is 0 Å². The number of benzene rings is 2.